The number of anilines is 1. The van der Waals surface area contributed by atoms with E-state index in [-0.39, 0.29) is 11.3 Å². The van der Waals surface area contributed by atoms with Crippen LogP contribution in [0.5, 0.6) is 0 Å². The van der Waals surface area contributed by atoms with Crippen molar-refractivity contribution in [2.24, 2.45) is 0 Å². The molecule has 16 heavy (non-hydrogen) atoms. The zero-order chi connectivity index (χ0) is 11.7. The number of nitrogens with zero attached hydrogens (tertiary/aromatic N) is 5. The molecule has 2 rings (SSSR count). The number of halogens is 1. The summed E-state index contributed by atoms with van der Waals surface area (Å²) in [6, 6.07) is 0. The highest BCUT2D eigenvalue weighted by atomic mass is 79.9. The molecule has 2 aromatic rings. The van der Waals surface area contributed by atoms with E-state index >= 15 is 0 Å². The topological polar surface area (TPSA) is 113 Å². The van der Waals surface area contributed by atoms with Crippen molar-refractivity contribution < 1.29 is 4.92 Å². The molecule has 0 aliphatic rings. The van der Waals surface area contributed by atoms with E-state index < -0.39 is 10.9 Å². The van der Waals surface area contributed by atoms with E-state index in [2.05, 4.69) is 31.0 Å². The van der Waals surface area contributed by atoms with E-state index in [1.165, 1.54) is 16.0 Å². The zero-order valence-corrected chi connectivity index (χ0v) is 10.1. The molecule has 2 aromatic heterocycles. The average Bonchev–Trinajstić information content (AvgIpc) is 2.75. The van der Waals surface area contributed by atoms with E-state index in [4.69, 9.17) is 5.73 Å². The summed E-state index contributed by atoms with van der Waals surface area (Å²) in [7, 11) is 0. The summed E-state index contributed by atoms with van der Waals surface area (Å²) >= 11 is 4.38. The molecule has 8 nitrogen and oxygen atoms in total. The Hall–Kier alpha value is -1.55. The largest absolute Gasteiger partial charge is 0.492 e. The predicted molar refractivity (Wildman–Crippen MR) is 60.0 cm³/mol. The van der Waals surface area contributed by atoms with E-state index in [1.807, 2.05) is 0 Å². The lowest BCUT2D eigenvalue weighted by atomic mass is 10.5. The van der Waals surface area contributed by atoms with Crippen molar-refractivity contribution in [1.29, 1.82) is 0 Å². The second-order valence-electron chi connectivity index (χ2n) is 2.77. The molecular weight excluding hydrogens is 300 g/mol. The number of thiazole rings is 1. The Kier molecular flexibility index (Phi) is 2.83. The summed E-state index contributed by atoms with van der Waals surface area (Å²) in [6.07, 6.45) is 0. The fourth-order valence-corrected chi connectivity index (χ4v) is 1.96. The van der Waals surface area contributed by atoms with Gasteiger partial charge in [-0.2, -0.15) is 4.68 Å². The first-order valence-corrected chi connectivity index (χ1v) is 5.68. The number of hydrogen-bond acceptors (Lipinski definition) is 7. The first kappa shape index (κ1) is 11.0. The van der Waals surface area contributed by atoms with Crippen LogP contribution in [0.1, 0.15) is 5.69 Å². The van der Waals surface area contributed by atoms with E-state index in [0.29, 0.717) is 10.8 Å². The molecule has 0 saturated heterocycles. The molecule has 2 N–H and O–H groups in total. The lowest BCUT2D eigenvalue weighted by Crippen LogP contribution is -2.03. The van der Waals surface area contributed by atoms with Crippen LogP contribution in [0.25, 0.3) is 0 Å². The fraction of sp³-hybridized carbons (Fsp3) is 0.167. The van der Waals surface area contributed by atoms with Gasteiger partial charge in [-0.1, -0.05) is 0 Å². The van der Waals surface area contributed by atoms with Gasteiger partial charge in [0, 0.05) is 26.4 Å². The SMILES string of the molecule is Nc1nc(Cn2nc([N+](=O)[O-])nc2Br)cs1. The van der Waals surface area contributed by atoms with Crippen LogP contribution in [0.3, 0.4) is 0 Å². The van der Waals surface area contributed by atoms with Crippen molar-refractivity contribution in [3.05, 3.63) is 25.9 Å². The number of hydrogen-bond donors (Lipinski definition) is 1. The minimum atomic E-state index is -0.656. The molecule has 0 aromatic carbocycles. The van der Waals surface area contributed by atoms with Crippen molar-refractivity contribution in [1.82, 2.24) is 19.7 Å². The fourth-order valence-electron chi connectivity index (χ4n) is 1.04. The van der Waals surface area contributed by atoms with Gasteiger partial charge >= 0.3 is 5.95 Å². The molecule has 0 radical (unpaired) electrons. The second-order valence-corrected chi connectivity index (χ2v) is 4.37. The number of nitrogens with two attached hydrogens (primary N) is 1. The maximum atomic E-state index is 10.4. The molecule has 0 unspecified atom stereocenters. The molecule has 2 heterocycles. The highest BCUT2D eigenvalue weighted by molar-refractivity contribution is 9.10. The van der Waals surface area contributed by atoms with Gasteiger partial charge in [-0.25, -0.2) is 4.98 Å². The third-order valence-corrected chi connectivity index (χ3v) is 2.97. The van der Waals surface area contributed by atoms with Crippen molar-refractivity contribution >= 4 is 38.3 Å². The van der Waals surface area contributed by atoms with Gasteiger partial charge in [-0.15, -0.1) is 11.3 Å². The number of aromatic nitrogens is 4. The van der Waals surface area contributed by atoms with Crippen LogP contribution in [0.2, 0.25) is 0 Å². The first-order valence-electron chi connectivity index (χ1n) is 4.01. The van der Waals surface area contributed by atoms with Gasteiger partial charge in [-0.3, -0.25) is 0 Å². The van der Waals surface area contributed by atoms with Crippen LogP contribution in [-0.2, 0) is 6.54 Å². The van der Waals surface area contributed by atoms with Gasteiger partial charge in [0.05, 0.1) is 5.69 Å². The summed E-state index contributed by atoms with van der Waals surface area (Å²) in [6.45, 7) is 0.287. The number of rotatable bonds is 3. The summed E-state index contributed by atoms with van der Waals surface area (Å²) in [4.78, 5) is 17.4. The van der Waals surface area contributed by atoms with Gasteiger partial charge in [0.2, 0.25) is 0 Å². The van der Waals surface area contributed by atoms with Crippen molar-refractivity contribution in [3.63, 3.8) is 0 Å². The Bertz CT molecular complexity index is 537. The van der Waals surface area contributed by atoms with E-state index in [1.54, 1.807) is 5.38 Å². The molecule has 0 atom stereocenters. The molecule has 0 bridgehead atoms. The summed E-state index contributed by atoms with van der Waals surface area (Å²) in [5.41, 5.74) is 6.15. The van der Waals surface area contributed by atoms with Crippen LogP contribution in [0.15, 0.2) is 10.1 Å². The summed E-state index contributed by atoms with van der Waals surface area (Å²) in [5, 5.41) is 16.3. The molecule has 0 aliphatic heterocycles. The minimum absolute atomic E-state index is 0.283. The number of nitro groups is 1. The normalized spacial score (nSPS) is 10.6. The summed E-state index contributed by atoms with van der Waals surface area (Å²) < 4.78 is 1.62. The number of nitrogen functional groups attached to an aromatic ring is 1. The lowest BCUT2D eigenvalue weighted by molar-refractivity contribution is -0.394. The Balaban J connectivity index is 2.24. The molecular formula is C6H5BrN6O2S. The minimum Gasteiger partial charge on any atom is -0.390 e. The Morgan fingerprint density at radius 3 is 2.88 bits per heavy atom. The highest BCUT2D eigenvalue weighted by Gasteiger charge is 2.19. The molecule has 0 aliphatic carbocycles. The lowest BCUT2D eigenvalue weighted by Gasteiger charge is -1.92. The van der Waals surface area contributed by atoms with Gasteiger partial charge < -0.3 is 15.8 Å². The maximum Gasteiger partial charge on any atom is 0.492 e. The van der Waals surface area contributed by atoms with Crippen LogP contribution in [-0.4, -0.2) is 24.7 Å². The van der Waals surface area contributed by atoms with Crippen LogP contribution in [0.4, 0.5) is 11.1 Å². The smallest absolute Gasteiger partial charge is 0.390 e. The third-order valence-electron chi connectivity index (χ3n) is 1.66. The quantitative estimate of drug-likeness (QED) is 0.669. The van der Waals surface area contributed by atoms with E-state index in [0.717, 1.165) is 0 Å². The van der Waals surface area contributed by atoms with Crippen molar-refractivity contribution in [2.75, 3.05) is 5.73 Å². The molecule has 84 valence electrons. The van der Waals surface area contributed by atoms with E-state index in [9.17, 15) is 10.1 Å². The molecule has 0 amide bonds. The van der Waals surface area contributed by atoms with Crippen LogP contribution < -0.4 is 5.73 Å². The van der Waals surface area contributed by atoms with Gasteiger partial charge in [0.15, 0.2) is 5.13 Å². The predicted octanol–water partition coefficient (Wildman–Crippen LogP) is 1.04. The molecule has 0 saturated carbocycles. The van der Waals surface area contributed by atoms with Crippen molar-refractivity contribution in [3.8, 4) is 0 Å². The summed E-state index contributed by atoms with van der Waals surface area (Å²) in [5.74, 6) is -0.449. The second kappa shape index (κ2) is 4.14. The van der Waals surface area contributed by atoms with Gasteiger partial charge in [0.1, 0.15) is 6.54 Å². The highest BCUT2D eigenvalue weighted by Crippen LogP contribution is 2.16. The molecule has 0 spiro atoms. The Labute approximate surface area is 101 Å². The Morgan fingerprint density at radius 1 is 1.62 bits per heavy atom. The van der Waals surface area contributed by atoms with Crippen LogP contribution in [0, 0.1) is 10.1 Å². The van der Waals surface area contributed by atoms with Gasteiger partial charge in [0.25, 0.3) is 4.73 Å². The standard InChI is InChI=1S/C6H5BrN6O2S/c7-4-10-6(13(14)15)11-12(4)1-3-2-16-5(8)9-3/h2H,1H2,(H2,8,9). The Morgan fingerprint density at radius 2 is 2.38 bits per heavy atom. The molecule has 0 fully saturated rings. The van der Waals surface area contributed by atoms with Crippen LogP contribution >= 0.6 is 27.3 Å². The maximum absolute atomic E-state index is 10.4. The monoisotopic (exact) mass is 304 g/mol. The van der Waals surface area contributed by atoms with Crippen molar-refractivity contribution in [2.45, 2.75) is 6.54 Å². The first-order chi connectivity index (χ1) is 7.56. The zero-order valence-electron chi connectivity index (χ0n) is 7.70. The average molecular weight is 305 g/mol. The molecule has 10 heteroatoms. The third kappa shape index (κ3) is 2.17. The van der Waals surface area contributed by atoms with Gasteiger partial charge in [-0.05, 0) is 9.91 Å².